The molecule has 0 radical (unpaired) electrons. The highest BCUT2D eigenvalue weighted by molar-refractivity contribution is 5.99. The number of aromatic amines is 1. The van der Waals surface area contributed by atoms with Gasteiger partial charge in [0.1, 0.15) is 18.2 Å². The molecule has 0 aliphatic rings. The van der Waals surface area contributed by atoms with Crippen molar-refractivity contribution >= 4 is 34.3 Å². The fourth-order valence-corrected chi connectivity index (χ4v) is 3.79. The summed E-state index contributed by atoms with van der Waals surface area (Å²) in [6.07, 6.45) is 2.21. The minimum atomic E-state index is -0.953. The summed E-state index contributed by atoms with van der Waals surface area (Å²) in [4.78, 5) is 43.7. The van der Waals surface area contributed by atoms with E-state index in [1.165, 1.54) is 0 Å². The van der Waals surface area contributed by atoms with Gasteiger partial charge in [-0.2, -0.15) is 0 Å². The van der Waals surface area contributed by atoms with E-state index in [1.54, 1.807) is 35.4 Å². The van der Waals surface area contributed by atoms with Crippen LogP contribution in [0, 0.1) is 6.92 Å². The van der Waals surface area contributed by atoms with E-state index >= 15 is 0 Å². The van der Waals surface area contributed by atoms with Gasteiger partial charge in [-0.3, -0.25) is 14.4 Å². The van der Waals surface area contributed by atoms with Crippen LogP contribution in [0.25, 0.3) is 10.9 Å². The Morgan fingerprint density at radius 3 is 2.43 bits per heavy atom. The highest BCUT2D eigenvalue weighted by Gasteiger charge is 2.30. The predicted octanol–water partition coefficient (Wildman–Crippen LogP) is -0.255. The van der Waals surface area contributed by atoms with Crippen LogP contribution in [0.3, 0.4) is 0 Å². The molecule has 2 unspecified atom stereocenters. The number of nitrogens with one attached hydrogen (secondary N) is 3. The Morgan fingerprint density at radius 1 is 1.00 bits per heavy atom. The lowest BCUT2D eigenvalue weighted by Crippen LogP contribution is -2.69. The van der Waals surface area contributed by atoms with Crippen molar-refractivity contribution < 1.29 is 30.8 Å². The first kappa shape index (κ1) is 25.7. The Hall–Kier alpha value is -3.95. The van der Waals surface area contributed by atoms with Crippen LogP contribution in [0.1, 0.15) is 24.4 Å². The molecule has 0 saturated heterocycles. The highest BCUT2D eigenvalue weighted by atomic mass is 16.2. The van der Waals surface area contributed by atoms with E-state index in [0.717, 1.165) is 10.9 Å². The molecule has 1 heterocycles. The quantitative estimate of drug-likeness (QED) is 0.282. The van der Waals surface area contributed by atoms with Gasteiger partial charge < -0.3 is 27.0 Å². The zero-order valence-electron chi connectivity index (χ0n) is 19.8. The van der Waals surface area contributed by atoms with E-state index in [1.807, 2.05) is 36.4 Å². The van der Waals surface area contributed by atoms with Gasteiger partial charge >= 0.3 is 0 Å². The van der Waals surface area contributed by atoms with Crippen molar-refractivity contribution in [3.05, 3.63) is 79.3 Å². The number of hydrogen-bond donors (Lipinski definition) is 4. The molecule has 0 bridgehead atoms. The van der Waals surface area contributed by atoms with E-state index < -0.39 is 23.9 Å². The number of benzene rings is 2. The first-order chi connectivity index (χ1) is 16.9. The summed E-state index contributed by atoms with van der Waals surface area (Å²) in [5.74, 6) is -1.06. The fourth-order valence-electron chi connectivity index (χ4n) is 3.79. The number of amides is 3. The molecule has 9 N–H and O–H groups in total. The monoisotopic (exact) mass is 478 g/mol. The number of rotatable bonds is 11. The minimum Gasteiger partial charge on any atom is -0.356 e. The van der Waals surface area contributed by atoms with Crippen LogP contribution in [0.15, 0.2) is 66.9 Å². The SMILES string of the molecule is [CH2+]CCN(CC[NH3+])C(=O)CC([NH3+])C(=O)NC(C(=O)Nc1c[nH+]c2ccccc2c1)c1ccccc1. The third-order valence-electron chi connectivity index (χ3n) is 5.60. The van der Waals surface area contributed by atoms with Crippen LogP contribution in [-0.2, 0) is 14.4 Å². The summed E-state index contributed by atoms with van der Waals surface area (Å²) >= 11 is 0. The second kappa shape index (κ2) is 12.5. The van der Waals surface area contributed by atoms with Crippen LogP contribution in [0.4, 0.5) is 5.69 Å². The molecular formula is C26H34N6O3+4. The molecule has 0 spiro atoms. The summed E-state index contributed by atoms with van der Waals surface area (Å²) in [5.41, 5.74) is 9.80. The third kappa shape index (κ3) is 7.02. The second-order valence-corrected chi connectivity index (χ2v) is 8.31. The number of para-hydroxylation sites is 1. The van der Waals surface area contributed by atoms with Gasteiger partial charge in [-0.25, -0.2) is 4.98 Å². The Labute approximate surface area is 204 Å². The summed E-state index contributed by atoms with van der Waals surface area (Å²) in [7, 11) is 0. The summed E-state index contributed by atoms with van der Waals surface area (Å²) < 4.78 is 0. The Morgan fingerprint density at radius 2 is 1.71 bits per heavy atom. The Balaban J connectivity index is 1.73. The first-order valence-corrected chi connectivity index (χ1v) is 11.7. The number of carbonyl (C=O) groups excluding carboxylic acids is 3. The highest BCUT2D eigenvalue weighted by Crippen LogP contribution is 2.18. The van der Waals surface area contributed by atoms with Gasteiger partial charge in [0.25, 0.3) is 11.8 Å². The summed E-state index contributed by atoms with van der Waals surface area (Å²) in [5, 5.41) is 6.60. The summed E-state index contributed by atoms with van der Waals surface area (Å²) in [6.45, 7) is 5.36. The number of pyridine rings is 1. The van der Waals surface area contributed by atoms with Crippen LogP contribution < -0.4 is 27.1 Å². The van der Waals surface area contributed by atoms with Crippen LogP contribution in [0.2, 0.25) is 0 Å². The molecule has 0 saturated carbocycles. The first-order valence-electron chi connectivity index (χ1n) is 11.7. The molecule has 2 aromatic carbocycles. The molecule has 3 rings (SSSR count). The van der Waals surface area contributed by atoms with Crippen molar-refractivity contribution in [2.45, 2.75) is 24.9 Å². The smallest absolute Gasteiger partial charge is 0.279 e. The van der Waals surface area contributed by atoms with E-state index in [2.05, 4.69) is 34.0 Å². The number of nitrogens with zero attached hydrogens (tertiary/aromatic N) is 1. The second-order valence-electron chi connectivity index (χ2n) is 8.31. The average molecular weight is 479 g/mol. The van der Waals surface area contributed by atoms with Crippen LogP contribution >= 0.6 is 0 Å². The lowest BCUT2D eigenvalue weighted by Gasteiger charge is -2.22. The van der Waals surface area contributed by atoms with Gasteiger partial charge in [0.15, 0.2) is 12.2 Å². The Kier molecular flexibility index (Phi) is 9.16. The van der Waals surface area contributed by atoms with Crippen LogP contribution in [-0.4, -0.2) is 48.3 Å². The van der Waals surface area contributed by atoms with Crippen molar-refractivity contribution in [3.8, 4) is 0 Å². The number of anilines is 1. The lowest BCUT2D eigenvalue weighted by atomic mass is 10.0. The van der Waals surface area contributed by atoms with Crippen molar-refractivity contribution in [1.29, 1.82) is 0 Å². The van der Waals surface area contributed by atoms with Crippen molar-refractivity contribution in [3.63, 3.8) is 0 Å². The van der Waals surface area contributed by atoms with E-state index in [9.17, 15) is 14.4 Å². The number of quaternary nitrogens is 2. The zero-order valence-corrected chi connectivity index (χ0v) is 19.8. The van der Waals surface area contributed by atoms with E-state index in [0.29, 0.717) is 37.3 Å². The average Bonchev–Trinajstić information content (AvgIpc) is 2.87. The standard InChI is InChI=1S/C26H30N6O3/c1-2-13-32(14-12-27)23(33)16-21(28)25(34)31-24(18-8-4-3-5-9-18)26(35)30-20-15-19-10-6-7-11-22(19)29-17-20/h3-11,15,17,21,24H,1-2,12-14,16,27-28H2,(H-,30,31,34,35)/p+4. The van der Waals surface area contributed by atoms with Crippen molar-refractivity contribution in [1.82, 2.24) is 10.2 Å². The normalized spacial score (nSPS) is 12.5. The van der Waals surface area contributed by atoms with Crippen molar-refractivity contribution in [2.24, 2.45) is 0 Å². The number of carbonyl (C=O) groups is 3. The van der Waals surface area contributed by atoms with Crippen LogP contribution in [0.5, 0.6) is 0 Å². The molecule has 0 fully saturated rings. The summed E-state index contributed by atoms with van der Waals surface area (Å²) in [6, 6.07) is 16.7. The molecule has 1 aromatic heterocycles. The largest absolute Gasteiger partial charge is 0.356 e. The molecule has 3 amide bonds. The molecule has 3 aromatic rings. The molecule has 0 aliphatic carbocycles. The number of fused-ring (bicyclic) bond motifs is 1. The van der Waals surface area contributed by atoms with Gasteiger partial charge in [-0.05, 0) is 17.7 Å². The predicted molar refractivity (Wildman–Crippen MR) is 132 cm³/mol. The maximum atomic E-state index is 13.3. The number of H-pyrrole nitrogens is 1. The molecule has 0 aliphatic heterocycles. The fraction of sp³-hybridized carbons (Fsp3) is 0.269. The van der Waals surface area contributed by atoms with Gasteiger partial charge in [0.05, 0.1) is 33.0 Å². The number of hydrogen-bond acceptors (Lipinski definition) is 3. The van der Waals surface area contributed by atoms with Crippen molar-refractivity contribution in [2.75, 3.05) is 25.0 Å². The van der Waals surface area contributed by atoms with Gasteiger partial charge in [-0.15, -0.1) is 0 Å². The minimum absolute atomic E-state index is 0.0609. The Bertz CT molecular complexity index is 1150. The molecule has 9 nitrogen and oxygen atoms in total. The third-order valence-corrected chi connectivity index (χ3v) is 5.60. The van der Waals surface area contributed by atoms with Gasteiger partial charge in [0, 0.05) is 11.5 Å². The lowest BCUT2D eigenvalue weighted by molar-refractivity contribution is -0.403. The maximum absolute atomic E-state index is 13.3. The maximum Gasteiger partial charge on any atom is 0.279 e. The molecular weight excluding hydrogens is 444 g/mol. The zero-order chi connectivity index (χ0) is 25.2. The molecule has 35 heavy (non-hydrogen) atoms. The molecule has 182 valence electrons. The van der Waals surface area contributed by atoms with E-state index in [4.69, 9.17) is 0 Å². The number of aromatic nitrogens is 1. The van der Waals surface area contributed by atoms with Gasteiger partial charge in [0.2, 0.25) is 11.4 Å². The topological polar surface area (TPSA) is 148 Å². The molecule has 9 heteroatoms. The van der Waals surface area contributed by atoms with E-state index in [-0.39, 0.29) is 12.3 Å². The molecule has 2 atom stereocenters. The van der Waals surface area contributed by atoms with Gasteiger partial charge in [-0.1, -0.05) is 42.5 Å².